The molecule has 100 valence electrons. The number of sulfonamides is 1. The first kappa shape index (κ1) is 16.7. The minimum absolute atomic E-state index is 0. The van der Waals surface area contributed by atoms with Crippen molar-refractivity contribution in [2.24, 2.45) is 0 Å². The number of benzene rings is 1. The van der Waals surface area contributed by atoms with Crippen molar-refractivity contribution in [1.29, 1.82) is 0 Å². The molecule has 0 atom stereocenters. The zero-order valence-corrected chi connectivity index (χ0v) is 13.8. The van der Waals surface area contributed by atoms with Crippen LogP contribution in [0.3, 0.4) is 0 Å². The van der Waals surface area contributed by atoms with Crippen LogP contribution in [0.5, 0.6) is 5.88 Å². The van der Waals surface area contributed by atoms with Crippen molar-refractivity contribution >= 4 is 21.5 Å². The second kappa shape index (κ2) is 6.89. The van der Waals surface area contributed by atoms with Crippen LogP contribution in [0.25, 0.3) is 4.72 Å². The van der Waals surface area contributed by atoms with Crippen molar-refractivity contribution in [2.45, 2.75) is 4.90 Å². The van der Waals surface area contributed by atoms with E-state index in [4.69, 9.17) is 10.5 Å². The molecule has 0 radical (unpaired) electrons. The van der Waals surface area contributed by atoms with E-state index in [-0.39, 0.29) is 46.2 Å². The SMILES string of the molecule is COc1cc([N-]S(=O)(=O)c2ccc(N)cc2)ncn1.[Na+]. The molecule has 1 heterocycles. The first-order valence-corrected chi connectivity index (χ1v) is 6.65. The monoisotopic (exact) mass is 302 g/mol. The number of methoxy groups -OCH3 is 1. The van der Waals surface area contributed by atoms with Gasteiger partial charge in [0, 0.05) is 12.0 Å². The van der Waals surface area contributed by atoms with Crippen LogP contribution in [0.1, 0.15) is 0 Å². The normalized spacial score (nSPS) is 10.4. The van der Waals surface area contributed by atoms with Crippen LogP contribution in [0.2, 0.25) is 0 Å². The average Bonchev–Trinajstić information content (AvgIpc) is 2.39. The maximum atomic E-state index is 12.0. The van der Waals surface area contributed by atoms with E-state index in [1.165, 1.54) is 43.8 Å². The predicted octanol–water partition coefficient (Wildman–Crippen LogP) is -1.53. The number of anilines is 1. The number of nitrogens with zero attached hydrogens (tertiary/aromatic N) is 3. The summed E-state index contributed by atoms with van der Waals surface area (Å²) in [5.74, 6) is 0.241. The number of rotatable bonds is 4. The van der Waals surface area contributed by atoms with Crippen molar-refractivity contribution in [1.82, 2.24) is 9.97 Å². The summed E-state index contributed by atoms with van der Waals surface area (Å²) < 4.78 is 32.5. The predicted molar refractivity (Wildman–Crippen MR) is 69.6 cm³/mol. The second-order valence-electron chi connectivity index (χ2n) is 3.55. The Labute approximate surface area is 138 Å². The largest absolute Gasteiger partial charge is 1.00 e. The summed E-state index contributed by atoms with van der Waals surface area (Å²) in [4.78, 5) is 7.56. The van der Waals surface area contributed by atoms with Crippen molar-refractivity contribution in [2.75, 3.05) is 12.8 Å². The van der Waals surface area contributed by atoms with Gasteiger partial charge >= 0.3 is 29.6 Å². The van der Waals surface area contributed by atoms with Crippen molar-refractivity contribution in [3.8, 4) is 5.88 Å². The van der Waals surface area contributed by atoms with E-state index in [1.807, 2.05) is 0 Å². The Morgan fingerprint density at radius 1 is 1.20 bits per heavy atom. The van der Waals surface area contributed by atoms with Crippen LogP contribution in [-0.4, -0.2) is 25.5 Å². The standard InChI is InChI=1S/C11H11N4O3S.Na/c1-18-11-6-10(13-7-14-11)15-19(16,17)9-4-2-8(12)3-5-9;/h2-7H,12H2,1H3;/q-1;+1. The third-order valence-corrected chi connectivity index (χ3v) is 3.52. The van der Waals surface area contributed by atoms with E-state index in [9.17, 15) is 8.42 Å². The van der Waals surface area contributed by atoms with Crippen LogP contribution in [0.4, 0.5) is 11.5 Å². The van der Waals surface area contributed by atoms with E-state index in [0.29, 0.717) is 5.69 Å². The van der Waals surface area contributed by atoms with Gasteiger partial charge in [-0.05, 0) is 36.1 Å². The number of aromatic nitrogens is 2. The number of ether oxygens (including phenoxy) is 1. The molecule has 0 aliphatic rings. The Balaban J connectivity index is 0.00000200. The van der Waals surface area contributed by atoms with Gasteiger partial charge in [0.25, 0.3) is 0 Å². The summed E-state index contributed by atoms with van der Waals surface area (Å²) in [6, 6.07) is 7.07. The summed E-state index contributed by atoms with van der Waals surface area (Å²) >= 11 is 0. The first-order valence-electron chi connectivity index (χ1n) is 5.21. The zero-order chi connectivity index (χ0) is 13.9. The molecule has 0 spiro atoms. The number of nitrogens with two attached hydrogens (primary N) is 1. The number of hydrogen-bond donors (Lipinski definition) is 1. The Hall–Kier alpha value is -1.35. The van der Waals surface area contributed by atoms with Gasteiger partial charge in [-0.2, -0.15) is 0 Å². The number of nitrogen functional groups attached to an aromatic ring is 1. The van der Waals surface area contributed by atoms with Gasteiger partial charge in [0.1, 0.15) is 0 Å². The van der Waals surface area contributed by atoms with Crippen LogP contribution in [0, 0.1) is 0 Å². The summed E-state index contributed by atoms with van der Waals surface area (Å²) in [5, 5.41) is 0. The van der Waals surface area contributed by atoms with Crippen LogP contribution in [0.15, 0.2) is 41.6 Å². The fraction of sp³-hybridized carbons (Fsp3) is 0.0909. The molecular weight excluding hydrogens is 291 g/mol. The molecule has 2 aromatic rings. The van der Waals surface area contributed by atoms with Crippen LogP contribution >= 0.6 is 0 Å². The topological polar surface area (TPSA) is 109 Å². The molecule has 0 aliphatic heterocycles. The Bertz CT molecular complexity index is 676. The molecule has 0 bridgehead atoms. The van der Waals surface area contributed by atoms with Gasteiger partial charge in [-0.25, -0.2) is 13.4 Å². The van der Waals surface area contributed by atoms with Gasteiger partial charge in [0.2, 0.25) is 15.9 Å². The first-order chi connectivity index (χ1) is 9.01. The molecule has 1 aromatic carbocycles. The molecule has 20 heavy (non-hydrogen) atoms. The maximum absolute atomic E-state index is 12.0. The van der Waals surface area contributed by atoms with E-state index in [2.05, 4.69) is 14.7 Å². The molecule has 0 unspecified atom stereocenters. The summed E-state index contributed by atoms with van der Waals surface area (Å²) in [5.41, 5.74) is 5.97. The summed E-state index contributed by atoms with van der Waals surface area (Å²) in [6.45, 7) is 0. The van der Waals surface area contributed by atoms with E-state index in [1.54, 1.807) is 0 Å². The van der Waals surface area contributed by atoms with E-state index >= 15 is 0 Å². The molecular formula is C11H11N4NaO3S. The molecule has 2 rings (SSSR count). The van der Waals surface area contributed by atoms with Crippen LogP contribution in [-0.2, 0) is 10.0 Å². The van der Waals surface area contributed by atoms with Gasteiger partial charge in [0.05, 0.1) is 12.0 Å². The summed E-state index contributed by atoms with van der Waals surface area (Å²) in [6.07, 6.45) is 1.18. The van der Waals surface area contributed by atoms with Crippen LogP contribution < -0.4 is 40.0 Å². The summed E-state index contributed by atoms with van der Waals surface area (Å²) in [7, 11) is -2.41. The third kappa shape index (κ3) is 4.07. The molecule has 0 aliphatic carbocycles. The molecule has 1 aromatic heterocycles. The van der Waals surface area contributed by atoms with Gasteiger partial charge < -0.3 is 20.2 Å². The molecule has 7 nitrogen and oxygen atoms in total. The molecule has 0 amide bonds. The fourth-order valence-corrected chi connectivity index (χ4v) is 2.24. The van der Waals surface area contributed by atoms with Crippen molar-refractivity contribution in [3.63, 3.8) is 0 Å². The molecule has 0 saturated carbocycles. The minimum atomic E-state index is -3.83. The van der Waals surface area contributed by atoms with E-state index in [0.717, 1.165) is 0 Å². The zero-order valence-electron chi connectivity index (χ0n) is 11.0. The van der Waals surface area contributed by atoms with Crippen molar-refractivity contribution < 1.29 is 42.7 Å². The van der Waals surface area contributed by atoms with Gasteiger partial charge in [-0.1, -0.05) is 0 Å². The van der Waals surface area contributed by atoms with Gasteiger partial charge in [0.15, 0.2) is 0 Å². The smallest absolute Gasteiger partial charge is 0.481 e. The Morgan fingerprint density at radius 2 is 1.85 bits per heavy atom. The molecule has 9 heteroatoms. The van der Waals surface area contributed by atoms with Gasteiger partial charge in [-0.3, -0.25) is 0 Å². The Kier molecular flexibility index (Phi) is 5.75. The molecule has 0 saturated heterocycles. The number of hydrogen-bond acceptors (Lipinski definition) is 6. The van der Waals surface area contributed by atoms with Crippen molar-refractivity contribution in [3.05, 3.63) is 41.4 Å². The quantitative estimate of drug-likeness (QED) is 0.542. The molecule has 2 N–H and O–H groups in total. The Morgan fingerprint density at radius 3 is 2.45 bits per heavy atom. The fourth-order valence-electron chi connectivity index (χ4n) is 1.31. The second-order valence-corrected chi connectivity index (χ2v) is 5.16. The molecule has 0 fully saturated rings. The van der Waals surface area contributed by atoms with E-state index < -0.39 is 10.0 Å². The average molecular weight is 302 g/mol. The minimum Gasteiger partial charge on any atom is -0.481 e. The third-order valence-electron chi connectivity index (χ3n) is 2.23. The van der Waals surface area contributed by atoms with Gasteiger partial charge in [-0.15, -0.1) is 0 Å². The maximum Gasteiger partial charge on any atom is 1.00 e.